The zero-order valence-electron chi connectivity index (χ0n) is 19.8. The summed E-state index contributed by atoms with van der Waals surface area (Å²) in [7, 11) is 1.68. The van der Waals surface area contributed by atoms with E-state index in [1.54, 1.807) is 19.2 Å². The highest BCUT2D eigenvalue weighted by atomic mass is 19.1. The van der Waals surface area contributed by atoms with Crippen molar-refractivity contribution in [3.8, 4) is 5.75 Å². The second-order valence-corrected chi connectivity index (χ2v) is 8.84. The van der Waals surface area contributed by atoms with Crippen LogP contribution in [-0.2, 0) is 21.8 Å². The first kappa shape index (κ1) is 24.5. The molecular formula is C27H33FN2O4. The number of fused-ring (bicyclic) bond motifs is 2. The van der Waals surface area contributed by atoms with Gasteiger partial charge in [0.05, 0.1) is 39.1 Å². The third kappa shape index (κ3) is 4.93. The number of ketones is 1. The average Bonchev–Trinajstić information content (AvgIpc) is 3.33. The number of carbonyl (C=O) groups excluding carboxylic acids is 1. The Morgan fingerprint density at radius 3 is 2.41 bits per heavy atom. The maximum atomic E-state index is 13.2. The number of nitrogens with zero attached hydrogens (tertiary/aromatic N) is 2. The van der Waals surface area contributed by atoms with E-state index >= 15 is 0 Å². The molecule has 6 nitrogen and oxygen atoms in total. The molecule has 3 aliphatic heterocycles. The van der Waals surface area contributed by atoms with E-state index in [4.69, 9.17) is 14.2 Å². The van der Waals surface area contributed by atoms with Crippen molar-refractivity contribution in [1.82, 2.24) is 9.80 Å². The molecule has 0 bridgehead atoms. The molecule has 0 radical (unpaired) electrons. The Bertz CT molecular complexity index is 983. The number of Topliss-reactive ketones (excluding diaryl/α,β-unsaturated/α-hetero) is 1. The van der Waals surface area contributed by atoms with Crippen molar-refractivity contribution in [2.75, 3.05) is 46.6 Å². The Balaban J connectivity index is 0.00000133. The van der Waals surface area contributed by atoms with Crippen LogP contribution in [0, 0.1) is 11.7 Å². The molecule has 0 aromatic heterocycles. The molecule has 0 aliphatic carbocycles. The number of hydrogen-bond donors (Lipinski definition) is 0. The lowest BCUT2D eigenvalue weighted by Crippen LogP contribution is -2.51. The molecule has 2 fully saturated rings. The number of piperidine rings is 1. The van der Waals surface area contributed by atoms with Crippen LogP contribution >= 0.6 is 0 Å². The molecule has 2 aromatic carbocycles. The normalized spacial score (nSPS) is 20.4. The summed E-state index contributed by atoms with van der Waals surface area (Å²) < 4.78 is 31.1. The smallest absolute Gasteiger partial charge is 0.212 e. The van der Waals surface area contributed by atoms with Gasteiger partial charge >= 0.3 is 0 Å². The van der Waals surface area contributed by atoms with Gasteiger partial charge in [-0.15, -0.1) is 13.2 Å². The fourth-order valence-electron chi connectivity index (χ4n) is 5.24. The average molecular weight is 469 g/mol. The van der Waals surface area contributed by atoms with Gasteiger partial charge in [-0.25, -0.2) is 4.39 Å². The highest BCUT2D eigenvalue weighted by Crippen LogP contribution is 2.43. The maximum absolute atomic E-state index is 13.2. The third-order valence-electron chi connectivity index (χ3n) is 6.78. The lowest BCUT2D eigenvalue weighted by molar-refractivity contribution is -0.192. The Morgan fingerprint density at radius 2 is 1.76 bits per heavy atom. The molecule has 7 heteroatoms. The SMILES string of the molecule is C=C.COc1cccc2c1C1(CN(CN3CCC(C(=O)c4ccc(F)cc4)CC3)C2)OCCO1. The second kappa shape index (κ2) is 10.8. The summed E-state index contributed by atoms with van der Waals surface area (Å²) in [6.07, 6.45) is 1.62. The van der Waals surface area contributed by atoms with Gasteiger partial charge in [0.25, 0.3) is 0 Å². The number of likely N-dealkylation sites (tertiary alicyclic amines) is 1. The van der Waals surface area contributed by atoms with E-state index < -0.39 is 5.79 Å². The first-order chi connectivity index (χ1) is 16.6. The van der Waals surface area contributed by atoms with Crippen LogP contribution < -0.4 is 4.74 Å². The van der Waals surface area contributed by atoms with Crippen LogP contribution in [0.1, 0.15) is 34.3 Å². The van der Waals surface area contributed by atoms with Crippen molar-refractivity contribution in [3.63, 3.8) is 0 Å². The van der Waals surface area contributed by atoms with E-state index in [2.05, 4.69) is 29.0 Å². The van der Waals surface area contributed by atoms with Gasteiger partial charge in [-0.05, 0) is 48.7 Å². The standard InChI is InChI=1S/C25H29FN2O4.C2H4/c1-30-22-4-2-3-20-15-28(16-25(23(20)22)31-13-14-32-25)17-27-11-9-19(10-12-27)24(29)18-5-7-21(26)8-6-18;1-2/h2-8,19H,9-17H2,1H3;1-2H2. The molecule has 0 amide bonds. The van der Waals surface area contributed by atoms with Crippen LogP contribution in [-0.4, -0.2) is 62.2 Å². The minimum absolute atomic E-state index is 0.00380. The van der Waals surface area contributed by atoms with Crippen LogP contribution in [0.4, 0.5) is 4.39 Å². The summed E-state index contributed by atoms with van der Waals surface area (Å²) in [4.78, 5) is 17.5. The van der Waals surface area contributed by atoms with Crippen molar-refractivity contribution in [2.24, 2.45) is 5.92 Å². The van der Waals surface area contributed by atoms with Crippen molar-refractivity contribution in [1.29, 1.82) is 0 Å². The highest BCUT2D eigenvalue weighted by Gasteiger charge is 2.47. The molecule has 5 rings (SSSR count). The predicted octanol–water partition coefficient (Wildman–Crippen LogP) is 4.20. The molecule has 34 heavy (non-hydrogen) atoms. The first-order valence-corrected chi connectivity index (χ1v) is 11.8. The summed E-state index contributed by atoms with van der Waals surface area (Å²) in [5, 5.41) is 0. The largest absolute Gasteiger partial charge is 0.496 e. The summed E-state index contributed by atoms with van der Waals surface area (Å²) in [6.45, 7) is 11.1. The second-order valence-electron chi connectivity index (χ2n) is 8.84. The summed E-state index contributed by atoms with van der Waals surface area (Å²) in [5.74, 6) is -0.169. The molecule has 0 N–H and O–H groups in total. The summed E-state index contributed by atoms with van der Waals surface area (Å²) >= 11 is 0. The summed E-state index contributed by atoms with van der Waals surface area (Å²) in [5.41, 5.74) is 2.78. The van der Waals surface area contributed by atoms with Gasteiger partial charge in [-0.3, -0.25) is 14.6 Å². The van der Waals surface area contributed by atoms with Crippen LogP contribution in [0.25, 0.3) is 0 Å². The number of halogens is 1. The third-order valence-corrected chi connectivity index (χ3v) is 6.78. The quantitative estimate of drug-likeness (QED) is 0.484. The van der Waals surface area contributed by atoms with E-state index in [1.165, 1.54) is 17.7 Å². The molecule has 182 valence electrons. The number of hydrogen-bond acceptors (Lipinski definition) is 6. The van der Waals surface area contributed by atoms with Gasteiger partial charge in [-0.1, -0.05) is 12.1 Å². The Labute approximate surface area is 200 Å². The van der Waals surface area contributed by atoms with Crippen molar-refractivity contribution in [2.45, 2.75) is 25.2 Å². The minimum atomic E-state index is -0.781. The minimum Gasteiger partial charge on any atom is -0.496 e. The lowest BCUT2D eigenvalue weighted by Gasteiger charge is -2.43. The zero-order valence-corrected chi connectivity index (χ0v) is 19.8. The molecule has 0 saturated carbocycles. The number of ether oxygens (including phenoxy) is 3. The van der Waals surface area contributed by atoms with E-state index in [0.29, 0.717) is 25.3 Å². The van der Waals surface area contributed by atoms with Gasteiger partial charge in [0.15, 0.2) is 5.78 Å². The van der Waals surface area contributed by atoms with Crippen LogP contribution in [0.3, 0.4) is 0 Å². The molecule has 2 aromatic rings. The molecule has 3 aliphatic rings. The monoisotopic (exact) mass is 468 g/mol. The fourth-order valence-corrected chi connectivity index (χ4v) is 5.24. The van der Waals surface area contributed by atoms with Crippen LogP contribution in [0.2, 0.25) is 0 Å². The maximum Gasteiger partial charge on any atom is 0.212 e. The van der Waals surface area contributed by atoms with E-state index in [-0.39, 0.29) is 17.5 Å². The predicted molar refractivity (Wildman–Crippen MR) is 128 cm³/mol. The van der Waals surface area contributed by atoms with Gasteiger partial charge in [0.1, 0.15) is 11.6 Å². The number of rotatable bonds is 5. The molecule has 0 atom stereocenters. The van der Waals surface area contributed by atoms with E-state index in [1.807, 2.05) is 12.1 Å². The molecule has 2 saturated heterocycles. The number of methoxy groups -OCH3 is 1. The van der Waals surface area contributed by atoms with Gasteiger partial charge in [0.2, 0.25) is 5.79 Å². The Morgan fingerprint density at radius 1 is 1.09 bits per heavy atom. The highest BCUT2D eigenvalue weighted by molar-refractivity contribution is 5.97. The van der Waals surface area contributed by atoms with Gasteiger partial charge < -0.3 is 14.2 Å². The Kier molecular flexibility index (Phi) is 7.78. The molecule has 3 heterocycles. The van der Waals surface area contributed by atoms with Gasteiger partial charge in [0, 0.05) is 31.1 Å². The van der Waals surface area contributed by atoms with Crippen molar-refractivity contribution in [3.05, 3.63) is 78.1 Å². The van der Waals surface area contributed by atoms with Crippen LogP contribution in [0.5, 0.6) is 5.75 Å². The number of carbonyl (C=O) groups is 1. The molecular weight excluding hydrogens is 435 g/mol. The zero-order chi connectivity index (χ0) is 24.1. The molecule has 1 spiro atoms. The first-order valence-electron chi connectivity index (χ1n) is 11.8. The summed E-state index contributed by atoms with van der Waals surface area (Å²) in [6, 6.07) is 12.0. The fraction of sp³-hybridized carbons (Fsp3) is 0.444. The number of benzene rings is 2. The molecule has 0 unspecified atom stereocenters. The lowest BCUT2D eigenvalue weighted by atomic mass is 9.89. The van der Waals surface area contributed by atoms with Crippen molar-refractivity contribution >= 4 is 5.78 Å². The van der Waals surface area contributed by atoms with Crippen LogP contribution in [0.15, 0.2) is 55.6 Å². The Hall–Kier alpha value is -2.58. The van der Waals surface area contributed by atoms with Crippen molar-refractivity contribution < 1.29 is 23.4 Å². The van der Waals surface area contributed by atoms with Gasteiger partial charge in [-0.2, -0.15) is 0 Å². The van der Waals surface area contributed by atoms with E-state index in [0.717, 1.165) is 50.5 Å². The van der Waals surface area contributed by atoms with E-state index in [9.17, 15) is 9.18 Å². The topological polar surface area (TPSA) is 51.2 Å².